The van der Waals surface area contributed by atoms with E-state index in [2.05, 4.69) is 5.10 Å². The van der Waals surface area contributed by atoms with Crippen molar-refractivity contribution in [2.24, 2.45) is 0 Å². The van der Waals surface area contributed by atoms with Gasteiger partial charge in [0, 0.05) is 12.1 Å². The smallest absolute Gasteiger partial charge is 0.258 e. The van der Waals surface area contributed by atoms with Crippen molar-refractivity contribution >= 4 is 23.0 Å². The minimum Gasteiger partial charge on any atom is -0.258 e. The van der Waals surface area contributed by atoms with E-state index < -0.39 is 43.9 Å². The third-order valence-electron chi connectivity index (χ3n) is 2.55. The zero-order chi connectivity index (χ0) is 16.7. The molecule has 0 bridgehead atoms. The summed E-state index contributed by atoms with van der Waals surface area (Å²) in [5, 5.41) is 24.2. The van der Waals surface area contributed by atoms with E-state index in [1.807, 2.05) is 0 Å². The largest absolute Gasteiger partial charge is 0.435 e. The molecule has 0 aliphatic carbocycles. The van der Waals surface area contributed by atoms with E-state index >= 15 is 0 Å². The molecule has 2 aromatic rings. The molecule has 22 heavy (non-hydrogen) atoms. The van der Waals surface area contributed by atoms with Gasteiger partial charge in [0.25, 0.3) is 5.69 Å². The Morgan fingerprint density at radius 3 is 2.23 bits per heavy atom. The maximum Gasteiger partial charge on any atom is 0.435 e. The minimum atomic E-state index is -4.79. The highest BCUT2D eigenvalue weighted by Crippen LogP contribution is 2.34. The maximum atomic E-state index is 12.6. The van der Waals surface area contributed by atoms with Crippen molar-refractivity contribution in [1.29, 1.82) is 0 Å². The number of rotatable bonds is 3. The SMILES string of the molecule is O=[N+]([O-])c1ccc(-n2nc(C(F)(F)F)cc2Cl)c([N+](=O)[O-])c1. The fraction of sp³-hybridized carbons (Fsp3) is 0.100. The van der Waals surface area contributed by atoms with E-state index in [1.165, 1.54) is 0 Å². The van der Waals surface area contributed by atoms with Crippen LogP contribution in [0.1, 0.15) is 5.69 Å². The number of alkyl halides is 3. The second kappa shape index (κ2) is 5.26. The van der Waals surface area contributed by atoms with E-state index in [9.17, 15) is 33.4 Å². The van der Waals surface area contributed by atoms with Crippen molar-refractivity contribution in [2.75, 3.05) is 0 Å². The topological polar surface area (TPSA) is 104 Å². The Bertz CT molecular complexity index is 774. The summed E-state index contributed by atoms with van der Waals surface area (Å²) in [5.41, 5.74) is -3.15. The van der Waals surface area contributed by atoms with Crippen LogP contribution in [0.25, 0.3) is 5.69 Å². The van der Waals surface area contributed by atoms with Gasteiger partial charge >= 0.3 is 11.9 Å². The number of nitro groups is 2. The zero-order valence-electron chi connectivity index (χ0n) is 10.2. The van der Waals surface area contributed by atoms with Gasteiger partial charge in [-0.3, -0.25) is 20.2 Å². The Balaban J connectivity index is 2.65. The van der Waals surface area contributed by atoms with Crippen LogP contribution in [0.15, 0.2) is 24.3 Å². The van der Waals surface area contributed by atoms with Crippen molar-refractivity contribution in [2.45, 2.75) is 6.18 Å². The number of non-ortho nitro benzene ring substituents is 1. The third kappa shape index (κ3) is 2.83. The molecule has 0 radical (unpaired) electrons. The van der Waals surface area contributed by atoms with Crippen LogP contribution in [0, 0.1) is 20.2 Å². The lowest BCUT2D eigenvalue weighted by Crippen LogP contribution is -2.08. The van der Waals surface area contributed by atoms with E-state index in [-0.39, 0.29) is 0 Å². The number of halogens is 4. The van der Waals surface area contributed by atoms with Crippen LogP contribution in [0.4, 0.5) is 24.5 Å². The lowest BCUT2D eigenvalue weighted by molar-refractivity contribution is -0.394. The second-order valence-corrected chi connectivity index (χ2v) is 4.34. The molecule has 8 nitrogen and oxygen atoms in total. The third-order valence-corrected chi connectivity index (χ3v) is 2.82. The first-order chi connectivity index (χ1) is 10.1. The Morgan fingerprint density at radius 2 is 1.77 bits per heavy atom. The first-order valence-corrected chi connectivity index (χ1v) is 5.75. The van der Waals surface area contributed by atoms with Gasteiger partial charge in [0.2, 0.25) is 0 Å². The van der Waals surface area contributed by atoms with E-state index in [4.69, 9.17) is 11.6 Å². The molecule has 1 aromatic heterocycles. The van der Waals surface area contributed by atoms with Crippen LogP contribution in [0.2, 0.25) is 5.15 Å². The summed E-state index contributed by atoms with van der Waals surface area (Å²) < 4.78 is 38.2. The molecule has 1 heterocycles. The first kappa shape index (κ1) is 15.7. The van der Waals surface area contributed by atoms with Crippen molar-refractivity contribution in [3.8, 4) is 5.69 Å². The van der Waals surface area contributed by atoms with Gasteiger partial charge in [-0.15, -0.1) is 0 Å². The summed E-state index contributed by atoms with van der Waals surface area (Å²) in [7, 11) is 0. The molecule has 0 spiro atoms. The highest BCUT2D eigenvalue weighted by atomic mass is 35.5. The van der Waals surface area contributed by atoms with Gasteiger partial charge in [0.15, 0.2) is 5.69 Å². The summed E-state index contributed by atoms with van der Waals surface area (Å²) in [6.45, 7) is 0. The molecular weight excluding hydrogens is 333 g/mol. The molecule has 1 aromatic carbocycles. The molecule has 0 aliphatic heterocycles. The standard InChI is InChI=1S/C10H4ClF3N4O4/c11-9-4-8(10(12,13)14)15-16(9)6-2-1-5(17(19)20)3-7(6)18(21)22/h1-4H. The highest BCUT2D eigenvalue weighted by Gasteiger charge is 2.35. The Morgan fingerprint density at radius 1 is 1.14 bits per heavy atom. The zero-order valence-corrected chi connectivity index (χ0v) is 11.0. The predicted molar refractivity (Wildman–Crippen MR) is 66.9 cm³/mol. The highest BCUT2D eigenvalue weighted by molar-refractivity contribution is 6.29. The summed E-state index contributed by atoms with van der Waals surface area (Å²) in [4.78, 5) is 19.7. The van der Waals surface area contributed by atoms with Crippen LogP contribution >= 0.6 is 11.6 Å². The molecule has 0 fully saturated rings. The summed E-state index contributed by atoms with van der Waals surface area (Å²) in [6.07, 6.45) is -4.79. The average Bonchev–Trinajstić information content (AvgIpc) is 2.79. The quantitative estimate of drug-likeness (QED) is 0.631. The number of hydrogen-bond donors (Lipinski definition) is 0. The molecule has 116 valence electrons. The molecule has 0 N–H and O–H groups in total. The van der Waals surface area contributed by atoms with Gasteiger partial charge in [-0.2, -0.15) is 18.3 Å². The maximum absolute atomic E-state index is 12.6. The molecule has 0 aliphatic rings. The summed E-state index contributed by atoms with van der Waals surface area (Å²) in [6, 6.07) is 2.90. The molecule has 2 rings (SSSR count). The fourth-order valence-corrected chi connectivity index (χ4v) is 1.85. The number of nitrogens with zero attached hydrogens (tertiary/aromatic N) is 4. The number of hydrogen-bond acceptors (Lipinski definition) is 5. The number of aromatic nitrogens is 2. The van der Waals surface area contributed by atoms with Crippen molar-refractivity contribution < 1.29 is 23.0 Å². The Hall–Kier alpha value is -2.69. The molecule has 0 unspecified atom stereocenters. The van der Waals surface area contributed by atoms with Crippen molar-refractivity contribution in [1.82, 2.24) is 9.78 Å². The summed E-state index contributed by atoms with van der Waals surface area (Å²) in [5.74, 6) is 0. The summed E-state index contributed by atoms with van der Waals surface area (Å²) >= 11 is 5.61. The normalized spacial score (nSPS) is 11.5. The molecule has 0 saturated carbocycles. The van der Waals surface area contributed by atoms with Crippen LogP contribution in [-0.2, 0) is 6.18 Å². The van der Waals surface area contributed by atoms with Gasteiger partial charge in [-0.25, -0.2) is 4.68 Å². The minimum absolute atomic E-state index is 0.420. The van der Waals surface area contributed by atoms with E-state index in [1.54, 1.807) is 0 Å². The van der Waals surface area contributed by atoms with Gasteiger partial charge in [0.1, 0.15) is 10.8 Å². The predicted octanol–water partition coefficient (Wildman–Crippen LogP) is 3.36. The molecule has 0 amide bonds. The first-order valence-electron chi connectivity index (χ1n) is 5.37. The van der Waals surface area contributed by atoms with Crippen molar-refractivity contribution in [3.05, 3.63) is 55.3 Å². The van der Waals surface area contributed by atoms with Crippen molar-refractivity contribution in [3.63, 3.8) is 0 Å². The van der Waals surface area contributed by atoms with E-state index in [0.717, 1.165) is 12.1 Å². The van der Waals surface area contributed by atoms with Gasteiger partial charge < -0.3 is 0 Å². The molecule has 0 saturated heterocycles. The van der Waals surface area contributed by atoms with E-state index in [0.29, 0.717) is 16.8 Å². The molecule has 0 atom stereocenters. The monoisotopic (exact) mass is 336 g/mol. The lowest BCUT2D eigenvalue weighted by Gasteiger charge is -2.05. The Labute approximate surface area is 124 Å². The lowest BCUT2D eigenvalue weighted by atomic mass is 10.2. The number of benzene rings is 1. The van der Waals surface area contributed by atoms with Gasteiger partial charge in [-0.05, 0) is 6.07 Å². The second-order valence-electron chi connectivity index (χ2n) is 3.95. The molecule has 12 heteroatoms. The van der Waals surface area contributed by atoms with Gasteiger partial charge in [-0.1, -0.05) is 11.6 Å². The number of nitro benzene ring substituents is 2. The van der Waals surface area contributed by atoms with Crippen LogP contribution in [0.3, 0.4) is 0 Å². The van der Waals surface area contributed by atoms with Crippen LogP contribution in [-0.4, -0.2) is 19.6 Å². The van der Waals surface area contributed by atoms with Crippen LogP contribution < -0.4 is 0 Å². The van der Waals surface area contributed by atoms with Gasteiger partial charge in [0.05, 0.1) is 15.9 Å². The molecular formula is C10H4ClF3N4O4. The fourth-order valence-electron chi connectivity index (χ4n) is 1.62. The van der Waals surface area contributed by atoms with Crippen LogP contribution in [0.5, 0.6) is 0 Å². The Kier molecular flexibility index (Phi) is 3.75. The average molecular weight is 337 g/mol.